The quantitative estimate of drug-likeness (QED) is 0.489. The first-order chi connectivity index (χ1) is 9.40. The number of aryl methyl sites for hydroxylation is 2. The predicted octanol–water partition coefficient (Wildman–Crippen LogP) is 3.76. The van der Waals surface area contributed by atoms with Crippen molar-refractivity contribution in [3.63, 3.8) is 0 Å². The second kappa shape index (κ2) is 5.42. The normalized spacial score (nSPS) is 10.4. The first-order valence-electron chi connectivity index (χ1n) is 5.81. The molecule has 104 valence electrons. The van der Waals surface area contributed by atoms with Gasteiger partial charge in [-0.3, -0.25) is 10.1 Å². The molecule has 0 atom stereocenters. The maximum absolute atomic E-state index is 11.0. The minimum absolute atomic E-state index is 0.103. The highest BCUT2D eigenvalue weighted by Crippen LogP contribution is 2.34. The van der Waals surface area contributed by atoms with Gasteiger partial charge in [0.2, 0.25) is 5.28 Å². The zero-order valence-electron chi connectivity index (χ0n) is 11.2. The molecule has 1 aromatic heterocycles. The largest absolute Gasteiger partial charge is 0.433 e. The lowest BCUT2D eigenvalue weighted by Crippen LogP contribution is -2.00. The Bertz CT molecular complexity index is 689. The summed E-state index contributed by atoms with van der Waals surface area (Å²) in [6.45, 7) is 5.67. The van der Waals surface area contributed by atoms with Crippen molar-refractivity contribution in [1.82, 2.24) is 9.97 Å². The van der Waals surface area contributed by atoms with Gasteiger partial charge in [-0.15, -0.1) is 0 Å². The van der Waals surface area contributed by atoms with E-state index < -0.39 is 4.92 Å². The van der Waals surface area contributed by atoms with Crippen LogP contribution in [0.25, 0.3) is 0 Å². The summed E-state index contributed by atoms with van der Waals surface area (Å²) < 4.78 is 5.62. The number of hydrogen-bond donors (Lipinski definition) is 0. The predicted molar refractivity (Wildman–Crippen MR) is 74.4 cm³/mol. The van der Waals surface area contributed by atoms with Crippen LogP contribution >= 0.6 is 11.6 Å². The SMILES string of the molecule is Cc1ccc(C)c(Oc2nc(Cl)ncc2[N+](=O)[O-])c1C. The van der Waals surface area contributed by atoms with Crippen molar-refractivity contribution in [2.45, 2.75) is 20.8 Å². The smallest absolute Gasteiger partial charge is 0.349 e. The van der Waals surface area contributed by atoms with E-state index in [0.29, 0.717) is 5.75 Å². The molecule has 0 N–H and O–H groups in total. The molecule has 0 spiro atoms. The lowest BCUT2D eigenvalue weighted by Gasteiger charge is -2.12. The Morgan fingerprint density at radius 3 is 2.55 bits per heavy atom. The molecule has 0 aliphatic carbocycles. The fraction of sp³-hybridized carbons (Fsp3) is 0.231. The van der Waals surface area contributed by atoms with Crippen molar-refractivity contribution in [2.75, 3.05) is 0 Å². The Kier molecular flexibility index (Phi) is 3.85. The topological polar surface area (TPSA) is 78.2 Å². The molecule has 7 heteroatoms. The van der Waals surface area contributed by atoms with Gasteiger partial charge < -0.3 is 4.74 Å². The van der Waals surface area contributed by atoms with E-state index in [9.17, 15) is 10.1 Å². The molecule has 0 fully saturated rings. The summed E-state index contributed by atoms with van der Waals surface area (Å²) in [7, 11) is 0. The number of halogens is 1. The van der Waals surface area contributed by atoms with Crippen LogP contribution in [0.2, 0.25) is 5.28 Å². The lowest BCUT2D eigenvalue weighted by molar-refractivity contribution is -0.386. The van der Waals surface area contributed by atoms with Crippen molar-refractivity contribution in [3.05, 3.63) is 50.4 Å². The molecule has 1 heterocycles. The van der Waals surface area contributed by atoms with Gasteiger partial charge in [-0.2, -0.15) is 4.98 Å². The van der Waals surface area contributed by atoms with Gasteiger partial charge in [0.05, 0.1) is 4.92 Å². The Morgan fingerprint density at radius 2 is 1.90 bits per heavy atom. The molecular weight excluding hydrogens is 282 g/mol. The van der Waals surface area contributed by atoms with Crippen LogP contribution < -0.4 is 4.74 Å². The van der Waals surface area contributed by atoms with E-state index in [-0.39, 0.29) is 16.9 Å². The van der Waals surface area contributed by atoms with Crippen LogP contribution in [-0.2, 0) is 0 Å². The second-order valence-electron chi connectivity index (χ2n) is 4.34. The molecule has 0 unspecified atom stereocenters. The van der Waals surface area contributed by atoms with Crippen molar-refractivity contribution in [2.24, 2.45) is 0 Å². The van der Waals surface area contributed by atoms with Crippen LogP contribution in [0.5, 0.6) is 11.6 Å². The van der Waals surface area contributed by atoms with Crippen molar-refractivity contribution in [1.29, 1.82) is 0 Å². The molecule has 0 bridgehead atoms. The molecule has 0 aliphatic rings. The molecule has 0 aliphatic heterocycles. The van der Waals surface area contributed by atoms with Crippen molar-refractivity contribution in [3.8, 4) is 11.6 Å². The molecule has 0 saturated carbocycles. The number of ether oxygens (including phenoxy) is 1. The maximum Gasteiger partial charge on any atom is 0.349 e. The van der Waals surface area contributed by atoms with Crippen molar-refractivity contribution >= 4 is 17.3 Å². The van der Waals surface area contributed by atoms with Crippen LogP contribution in [-0.4, -0.2) is 14.9 Å². The summed E-state index contributed by atoms with van der Waals surface area (Å²) in [6.07, 6.45) is 1.03. The summed E-state index contributed by atoms with van der Waals surface area (Å²) in [4.78, 5) is 17.7. The fourth-order valence-electron chi connectivity index (χ4n) is 1.72. The number of rotatable bonds is 3. The highest BCUT2D eigenvalue weighted by molar-refractivity contribution is 6.28. The van der Waals surface area contributed by atoms with E-state index in [1.54, 1.807) is 0 Å². The molecule has 2 aromatic rings. The van der Waals surface area contributed by atoms with Crippen LogP contribution in [0.15, 0.2) is 18.3 Å². The highest BCUT2D eigenvalue weighted by Gasteiger charge is 2.21. The van der Waals surface area contributed by atoms with Crippen LogP contribution in [0, 0.1) is 30.9 Å². The average Bonchev–Trinajstić information content (AvgIpc) is 2.39. The van der Waals surface area contributed by atoms with Gasteiger partial charge in [0.15, 0.2) is 0 Å². The minimum Gasteiger partial charge on any atom is -0.433 e. The second-order valence-corrected chi connectivity index (χ2v) is 4.68. The molecule has 1 aromatic carbocycles. The molecule has 2 rings (SSSR count). The van der Waals surface area contributed by atoms with Gasteiger partial charge in [-0.25, -0.2) is 4.98 Å². The molecular formula is C13H12ClN3O3. The third-order valence-electron chi connectivity index (χ3n) is 2.98. The minimum atomic E-state index is -0.605. The molecule has 0 amide bonds. The van der Waals surface area contributed by atoms with Gasteiger partial charge >= 0.3 is 11.6 Å². The molecule has 0 radical (unpaired) electrons. The molecule has 6 nitrogen and oxygen atoms in total. The fourth-order valence-corrected chi connectivity index (χ4v) is 1.84. The monoisotopic (exact) mass is 293 g/mol. The average molecular weight is 294 g/mol. The highest BCUT2D eigenvalue weighted by atomic mass is 35.5. The number of benzene rings is 1. The third kappa shape index (κ3) is 2.70. The van der Waals surface area contributed by atoms with Crippen LogP contribution in [0.3, 0.4) is 0 Å². The van der Waals surface area contributed by atoms with Crippen LogP contribution in [0.1, 0.15) is 16.7 Å². The Balaban J connectivity index is 2.53. The Hall–Kier alpha value is -2.21. The number of nitrogens with zero attached hydrogens (tertiary/aromatic N) is 3. The number of aromatic nitrogens is 2. The van der Waals surface area contributed by atoms with E-state index in [2.05, 4.69) is 9.97 Å². The van der Waals surface area contributed by atoms with E-state index in [4.69, 9.17) is 16.3 Å². The summed E-state index contributed by atoms with van der Waals surface area (Å²) >= 11 is 5.67. The lowest BCUT2D eigenvalue weighted by atomic mass is 10.1. The zero-order chi connectivity index (χ0) is 14.9. The molecule has 0 saturated heterocycles. The first-order valence-corrected chi connectivity index (χ1v) is 6.19. The van der Waals surface area contributed by atoms with Crippen LogP contribution in [0.4, 0.5) is 5.69 Å². The van der Waals surface area contributed by atoms with Gasteiger partial charge in [-0.1, -0.05) is 12.1 Å². The number of nitro groups is 1. The van der Waals surface area contributed by atoms with E-state index in [1.807, 2.05) is 32.9 Å². The first kappa shape index (κ1) is 14.2. The standard InChI is InChI=1S/C13H12ClN3O3/c1-7-4-5-8(2)11(9(7)3)20-12-10(17(18)19)6-15-13(14)16-12/h4-6H,1-3H3. The zero-order valence-corrected chi connectivity index (χ0v) is 11.9. The van der Waals surface area contributed by atoms with Gasteiger partial charge in [0.1, 0.15) is 11.9 Å². The van der Waals surface area contributed by atoms with Gasteiger partial charge in [0, 0.05) is 0 Å². The Labute approximate surface area is 120 Å². The summed E-state index contributed by atoms with van der Waals surface area (Å²) in [5.74, 6) is 0.384. The van der Waals surface area contributed by atoms with E-state index in [0.717, 1.165) is 22.9 Å². The van der Waals surface area contributed by atoms with Gasteiger partial charge in [0.25, 0.3) is 0 Å². The van der Waals surface area contributed by atoms with E-state index in [1.165, 1.54) is 0 Å². The summed E-state index contributed by atoms with van der Waals surface area (Å²) in [5, 5.41) is 10.9. The van der Waals surface area contributed by atoms with Crippen molar-refractivity contribution < 1.29 is 9.66 Å². The Morgan fingerprint density at radius 1 is 1.25 bits per heavy atom. The van der Waals surface area contributed by atoms with Gasteiger partial charge in [-0.05, 0) is 49.1 Å². The number of hydrogen-bond acceptors (Lipinski definition) is 5. The summed E-state index contributed by atoms with van der Waals surface area (Å²) in [6, 6.07) is 3.84. The molecule has 20 heavy (non-hydrogen) atoms. The third-order valence-corrected chi connectivity index (χ3v) is 3.16. The summed E-state index contributed by atoms with van der Waals surface area (Å²) in [5.41, 5.74) is 2.45. The van der Waals surface area contributed by atoms with E-state index >= 15 is 0 Å². The maximum atomic E-state index is 11.0.